The molecule has 1 aliphatic rings. The maximum absolute atomic E-state index is 11.2. The number of rotatable bonds is 4. The highest BCUT2D eigenvalue weighted by atomic mass is 35.5. The molecule has 0 unspecified atom stereocenters. The van der Waals surface area contributed by atoms with E-state index in [4.69, 9.17) is 4.74 Å². The van der Waals surface area contributed by atoms with Gasteiger partial charge in [-0.25, -0.2) is 4.79 Å². The standard InChI is InChI=1S/C13H17NO3.ClH/c1-16-13(15)11-4-6-12(7-5-11)17-10-14-8-2-3-9-14;/h4-7H,2-3,8-10H2,1H3;1H. The molecule has 1 saturated heterocycles. The fraction of sp³-hybridized carbons (Fsp3) is 0.462. The predicted octanol–water partition coefficient (Wildman–Crippen LogP) is 2.33. The highest BCUT2D eigenvalue weighted by Gasteiger charge is 2.11. The monoisotopic (exact) mass is 271 g/mol. The van der Waals surface area contributed by atoms with Gasteiger partial charge in [-0.05, 0) is 37.1 Å². The van der Waals surface area contributed by atoms with Crippen molar-refractivity contribution in [3.05, 3.63) is 29.8 Å². The third kappa shape index (κ3) is 3.89. The number of hydrogen-bond acceptors (Lipinski definition) is 4. The van der Waals surface area contributed by atoms with Gasteiger partial charge in [-0.2, -0.15) is 0 Å². The maximum Gasteiger partial charge on any atom is 0.337 e. The Bertz CT molecular complexity index is 374. The molecule has 0 saturated carbocycles. The molecule has 4 nitrogen and oxygen atoms in total. The van der Waals surface area contributed by atoms with E-state index in [0.717, 1.165) is 18.8 Å². The van der Waals surface area contributed by atoms with Crippen LogP contribution in [0.2, 0.25) is 0 Å². The molecular weight excluding hydrogens is 254 g/mol. The normalized spacial score (nSPS) is 14.9. The molecule has 18 heavy (non-hydrogen) atoms. The number of carbonyl (C=O) groups excluding carboxylic acids is 1. The van der Waals surface area contributed by atoms with Gasteiger partial charge in [0.15, 0.2) is 0 Å². The number of benzene rings is 1. The van der Waals surface area contributed by atoms with E-state index in [2.05, 4.69) is 9.64 Å². The molecule has 0 radical (unpaired) electrons. The van der Waals surface area contributed by atoms with Crippen LogP contribution in [0.4, 0.5) is 0 Å². The fourth-order valence-electron chi connectivity index (χ4n) is 1.88. The quantitative estimate of drug-likeness (QED) is 0.788. The largest absolute Gasteiger partial charge is 0.478 e. The zero-order valence-electron chi connectivity index (χ0n) is 10.4. The van der Waals surface area contributed by atoms with Crippen molar-refractivity contribution in [2.75, 3.05) is 26.9 Å². The van der Waals surface area contributed by atoms with Gasteiger partial charge in [0.1, 0.15) is 12.5 Å². The summed E-state index contributed by atoms with van der Waals surface area (Å²) in [4.78, 5) is 13.5. The first kappa shape index (κ1) is 14.8. The number of likely N-dealkylation sites (tertiary alicyclic amines) is 1. The Kier molecular flexibility index (Phi) is 5.95. The molecule has 0 N–H and O–H groups in total. The molecular formula is C13H18ClNO3. The first-order chi connectivity index (χ1) is 8.29. The average Bonchev–Trinajstić information content (AvgIpc) is 2.89. The van der Waals surface area contributed by atoms with E-state index in [-0.39, 0.29) is 18.4 Å². The van der Waals surface area contributed by atoms with Crippen LogP contribution in [-0.4, -0.2) is 37.8 Å². The number of methoxy groups -OCH3 is 1. The molecule has 0 aliphatic carbocycles. The highest BCUT2D eigenvalue weighted by Crippen LogP contribution is 2.14. The molecule has 5 heteroatoms. The number of halogens is 1. The molecule has 0 bridgehead atoms. The molecule has 1 fully saturated rings. The van der Waals surface area contributed by atoms with Gasteiger partial charge in [0.05, 0.1) is 12.7 Å². The van der Waals surface area contributed by atoms with Crippen molar-refractivity contribution in [1.82, 2.24) is 4.90 Å². The number of carbonyl (C=O) groups is 1. The Labute approximate surface area is 113 Å². The van der Waals surface area contributed by atoms with E-state index >= 15 is 0 Å². The van der Waals surface area contributed by atoms with E-state index in [1.807, 2.05) is 0 Å². The van der Waals surface area contributed by atoms with Gasteiger partial charge in [-0.1, -0.05) is 0 Å². The second kappa shape index (κ2) is 7.24. The van der Waals surface area contributed by atoms with E-state index in [9.17, 15) is 4.79 Å². The van der Waals surface area contributed by atoms with Gasteiger partial charge in [-0.15, -0.1) is 12.4 Å². The first-order valence-electron chi connectivity index (χ1n) is 5.83. The summed E-state index contributed by atoms with van der Waals surface area (Å²) in [6, 6.07) is 7.01. The SMILES string of the molecule is COC(=O)c1ccc(OCN2CCCC2)cc1.Cl. The molecule has 1 aliphatic heterocycles. The van der Waals surface area contributed by atoms with E-state index in [1.54, 1.807) is 24.3 Å². The fourth-order valence-corrected chi connectivity index (χ4v) is 1.88. The second-order valence-corrected chi connectivity index (χ2v) is 4.11. The van der Waals surface area contributed by atoms with Crippen LogP contribution < -0.4 is 4.74 Å². The van der Waals surface area contributed by atoms with Gasteiger partial charge in [0.25, 0.3) is 0 Å². The zero-order chi connectivity index (χ0) is 12.1. The van der Waals surface area contributed by atoms with Gasteiger partial charge in [0, 0.05) is 13.1 Å². The van der Waals surface area contributed by atoms with Crippen LogP contribution in [0.3, 0.4) is 0 Å². The lowest BCUT2D eigenvalue weighted by Gasteiger charge is -2.15. The van der Waals surface area contributed by atoms with Crippen LogP contribution in [0.1, 0.15) is 23.2 Å². The molecule has 0 atom stereocenters. The van der Waals surface area contributed by atoms with E-state index in [0.29, 0.717) is 12.3 Å². The summed E-state index contributed by atoms with van der Waals surface area (Å²) in [5, 5.41) is 0. The lowest BCUT2D eigenvalue weighted by molar-refractivity contribution is 0.0600. The van der Waals surface area contributed by atoms with Crippen LogP contribution >= 0.6 is 12.4 Å². The summed E-state index contributed by atoms with van der Waals surface area (Å²) in [6.07, 6.45) is 2.51. The Morgan fingerprint density at radius 3 is 2.39 bits per heavy atom. The van der Waals surface area contributed by atoms with Crippen molar-refractivity contribution < 1.29 is 14.3 Å². The number of hydrogen-bond donors (Lipinski definition) is 0. The summed E-state index contributed by atoms with van der Waals surface area (Å²) < 4.78 is 10.3. The van der Waals surface area contributed by atoms with Crippen LogP contribution in [0, 0.1) is 0 Å². The molecule has 0 aromatic heterocycles. The topological polar surface area (TPSA) is 38.8 Å². The average molecular weight is 272 g/mol. The zero-order valence-corrected chi connectivity index (χ0v) is 11.2. The Balaban J connectivity index is 0.00000162. The van der Waals surface area contributed by atoms with E-state index < -0.39 is 0 Å². The Morgan fingerprint density at radius 2 is 1.83 bits per heavy atom. The lowest BCUT2D eigenvalue weighted by Crippen LogP contribution is -2.24. The molecule has 1 aromatic rings. The van der Waals surface area contributed by atoms with Gasteiger partial charge < -0.3 is 9.47 Å². The molecule has 1 aromatic carbocycles. The third-order valence-corrected chi connectivity index (χ3v) is 2.89. The number of nitrogens with zero attached hydrogens (tertiary/aromatic N) is 1. The van der Waals surface area contributed by atoms with Gasteiger partial charge in [0.2, 0.25) is 0 Å². The summed E-state index contributed by atoms with van der Waals surface area (Å²) in [5.41, 5.74) is 0.543. The van der Waals surface area contributed by atoms with Crippen LogP contribution in [0.25, 0.3) is 0 Å². The van der Waals surface area contributed by atoms with Crippen molar-refractivity contribution in [1.29, 1.82) is 0 Å². The van der Waals surface area contributed by atoms with Crippen LogP contribution in [0.5, 0.6) is 5.75 Å². The van der Waals surface area contributed by atoms with Crippen molar-refractivity contribution in [3.63, 3.8) is 0 Å². The predicted molar refractivity (Wildman–Crippen MR) is 71.3 cm³/mol. The van der Waals surface area contributed by atoms with Gasteiger partial charge in [-0.3, -0.25) is 4.90 Å². The van der Waals surface area contributed by atoms with Gasteiger partial charge >= 0.3 is 5.97 Å². The van der Waals surface area contributed by atoms with E-state index in [1.165, 1.54) is 20.0 Å². The minimum atomic E-state index is -0.323. The molecule has 1 heterocycles. The Morgan fingerprint density at radius 1 is 1.22 bits per heavy atom. The second-order valence-electron chi connectivity index (χ2n) is 4.11. The summed E-state index contributed by atoms with van der Waals surface area (Å²) in [7, 11) is 1.38. The number of ether oxygens (including phenoxy) is 2. The summed E-state index contributed by atoms with van der Waals surface area (Å²) >= 11 is 0. The third-order valence-electron chi connectivity index (χ3n) is 2.89. The number of esters is 1. The highest BCUT2D eigenvalue weighted by molar-refractivity contribution is 5.89. The molecule has 0 spiro atoms. The van der Waals surface area contributed by atoms with Crippen LogP contribution in [-0.2, 0) is 4.74 Å². The molecule has 2 rings (SSSR count). The van der Waals surface area contributed by atoms with Crippen molar-refractivity contribution in [2.24, 2.45) is 0 Å². The van der Waals surface area contributed by atoms with Crippen molar-refractivity contribution in [3.8, 4) is 5.75 Å². The minimum Gasteiger partial charge on any atom is -0.478 e. The van der Waals surface area contributed by atoms with Crippen molar-refractivity contribution >= 4 is 18.4 Å². The minimum absolute atomic E-state index is 0. The smallest absolute Gasteiger partial charge is 0.337 e. The van der Waals surface area contributed by atoms with Crippen molar-refractivity contribution in [2.45, 2.75) is 12.8 Å². The summed E-state index contributed by atoms with van der Waals surface area (Å²) in [5.74, 6) is 0.459. The van der Waals surface area contributed by atoms with Crippen LogP contribution in [0.15, 0.2) is 24.3 Å². The molecule has 100 valence electrons. The Hall–Kier alpha value is -1.26. The first-order valence-corrected chi connectivity index (χ1v) is 5.83. The lowest BCUT2D eigenvalue weighted by atomic mass is 10.2. The summed E-state index contributed by atoms with van der Waals surface area (Å²) in [6.45, 7) is 2.85. The maximum atomic E-state index is 11.2. The molecule has 0 amide bonds.